The molecule has 1 unspecified atom stereocenters. The normalized spacial score (nSPS) is 13.5. The molecule has 0 bridgehead atoms. The summed E-state index contributed by atoms with van der Waals surface area (Å²) in [7, 11) is -4.83. The highest BCUT2D eigenvalue weighted by Gasteiger charge is 2.24. The van der Waals surface area contributed by atoms with Gasteiger partial charge < -0.3 is 0 Å². The fourth-order valence-electron chi connectivity index (χ4n) is 0.919. The maximum absolute atomic E-state index is 13.0. The molecule has 0 aliphatic rings. The molecule has 0 radical (unpaired) electrons. The van der Waals surface area contributed by atoms with Gasteiger partial charge in [-0.25, -0.2) is 4.39 Å². The van der Waals surface area contributed by atoms with Gasteiger partial charge >= 0.3 is 10.1 Å². The molecule has 0 heterocycles. The highest BCUT2D eigenvalue weighted by atomic mass is 32.2. The Morgan fingerprint density at radius 2 is 1.80 bits per heavy atom. The van der Waals surface area contributed by atoms with Gasteiger partial charge in [0.15, 0.2) is 0 Å². The molecule has 0 aliphatic carbocycles. The molecule has 82 valence electrons. The quantitative estimate of drug-likeness (QED) is 0.485. The lowest BCUT2D eigenvalue weighted by atomic mass is 10.2. The van der Waals surface area contributed by atoms with E-state index in [1.165, 1.54) is 0 Å². The maximum atomic E-state index is 13.0. The molecule has 0 fully saturated rings. The monoisotopic (exact) mass is 235 g/mol. The lowest BCUT2D eigenvalue weighted by Gasteiger charge is -2.03. The van der Waals surface area contributed by atoms with Crippen molar-refractivity contribution in [1.82, 2.24) is 0 Å². The molecule has 6 nitrogen and oxygen atoms in total. The fraction of sp³-hybridized carbons (Fsp3) is 0.143. The SMILES string of the molecule is O=[N+]([O-])c1ccc(C(F)S(=O)(=O)O)cc1. The van der Waals surface area contributed by atoms with Gasteiger partial charge in [-0.15, -0.1) is 0 Å². The van der Waals surface area contributed by atoms with Crippen LogP contribution in [0.15, 0.2) is 24.3 Å². The molecule has 0 saturated heterocycles. The smallest absolute Gasteiger partial charge is 0.283 e. The molecule has 15 heavy (non-hydrogen) atoms. The van der Waals surface area contributed by atoms with Gasteiger partial charge in [0.25, 0.3) is 11.2 Å². The molecule has 0 spiro atoms. The van der Waals surface area contributed by atoms with Crippen LogP contribution in [-0.4, -0.2) is 17.9 Å². The Hall–Kier alpha value is -1.54. The van der Waals surface area contributed by atoms with E-state index in [1.807, 2.05) is 0 Å². The number of halogens is 1. The Kier molecular flexibility index (Phi) is 3.01. The van der Waals surface area contributed by atoms with Gasteiger partial charge in [-0.2, -0.15) is 8.42 Å². The van der Waals surface area contributed by atoms with Gasteiger partial charge in [0.05, 0.1) is 4.92 Å². The standard InChI is InChI=1S/C7H6FNO5S/c8-7(15(12,13)14)5-1-3-6(4-2-5)9(10)11/h1-4,7H,(H,12,13,14). The lowest BCUT2D eigenvalue weighted by molar-refractivity contribution is -0.384. The third kappa shape index (κ3) is 2.70. The second kappa shape index (κ2) is 3.91. The van der Waals surface area contributed by atoms with Gasteiger partial charge in [0, 0.05) is 17.7 Å². The topological polar surface area (TPSA) is 97.5 Å². The van der Waals surface area contributed by atoms with Crippen molar-refractivity contribution >= 4 is 15.8 Å². The van der Waals surface area contributed by atoms with Crippen LogP contribution in [0.1, 0.15) is 11.1 Å². The van der Waals surface area contributed by atoms with E-state index in [4.69, 9.17) is 4.55 Å². The van der Waals surface area contributed by atoms with Crippen LogP contribution in [0.5, 0.6) is 0 Å². The van der Waals surface area contributed by atoms with Crippen LogP contribution in [0.25, 0.3) is 0 Å². The molecular weight excluding hydrogens is 229 g/mol. The van der Waals surface area contributed by atoms with E-state index in [0.717, 1.165) is 24.3 Å². The van der Waals surface area contributed by atoms with Crippen molar-refractivity contribution in [3.05, 3.63) is 39.9 Å². The second-order valence-corrected chi connectivity index (χ2v) is 4.12. The van der Waals surface area contributed by atoms with Crippen molar-refractivity contribution in [2.75, 3.05) is 0 Å². The number of alkyl halides is 1. The molecule has 1 aromatic rings. The average molecular weight is 235 g/mol. The van der Waals surface area contributed by atoms with E-state index < -0.39 is 20.5 Å². The molecule has 1 N–H and O–H groups in total. The summed E-state index contributed by atoms with van der Waals surface area (Å²) < 4.78 is 42.1. The highest BCUT2D eigenvalue weighted by molar-refractivity contribution is 7.85. The van der Waals surface area contributed by atoms with Crippen LogP contribution in [0.4, 0.5) is 10.1 Å². The Balaban J connectivity index is 3.05. The molecule has 8 heteroatoms. The van der Waals surface area contributed by atoms with Crippen molar-refractivity contribution in [3.8, 4) is 0 Å². The average Bonchev–Trinajstić information content (AvgIpc) is 2.15. The molecule has 0 aromatic heterocycles. The zero-order valence-electron chi connectivity index (χ0n) is 7.20. The summed E-state index contributed by atoms with van der Waals surface area (Å²) in [6.07, 6.45) is 0. The van der Waals surface area contributed by atoms with Crippen molar-refractivity contribution in [2.45, 2.75) is 5.50 Å². The van der Waals surface area contributed by atoms with Gasteiger partial charge in [-0.05, 0) is 12.1 Å². The summed E-state index contributed by atoms with van der Waals surface area (Å²) in [5, 5.41) is 10.2. The number of nitro groups is 1. The molecule has 0 saturated carbocycles. The fourth-order valence-corrected chi connectivity index (χ4v) is 1.42. The predicted molar refractivity (Wildman–Crippen MR) is 48.5 cm³/mol. The van der Waals surface area contributed by atoms with E-state index in [-0.39, 0.29) is 11.3 Å². The van der Waals surface area contributed by atoms with Gasteiger partial charge in [0.1, 0.15) is 0 Å². The predicted octanol–water partition coefficient (Wildman–Crippen LogP) is 1.45. The largest absolute Gasteiger partial charge is 0.301 e. The number of hydrogen-bond acceptors (Lipinski definition) is 4. The summed E-state index contributed by atoms with van der Waals surface area (Å²) >= 11 is 0. The Morgan fingerprint density at radius 3 is 2.13 bits per heavy atom. The summed E-state index contributed by atoms with van der Waals surface area (Å²) in [5.74, 6) is 0. The Labute approximate surface area is 84.2 Å². The summed E-state index contributed by atoms with van der Waals surface area (Å²) in [4.78, 5) is 9.52. The first-order valence-electron chi connectivity index (χ1n) is 3.67. The van der Waals surface area contributed by atoms with Crippen LogP contribution in [0.2, 0.25) is 0 Å². The summed E-state index contributed by atoms with van der Waals surface area (Å²) in [6, 6.07) is 3.76. The first-order chi connectivity index (χ1) is 6.82. The van der Waals surface area contributed by atoms with Gasteiger partial charge in [-0.3, -0.25) is 14.7 Å². The first-order valence-corrected chi connectivity index (χ1v) is 5.17. The molecular formula is C7H6FNO5S. The van der Waals surface area contributed by atoms with E-state index in [9.17, 15) is 22.9 Å². The van der Waals surface area contributed by atoms with Crippen molar-refractivity contribution < 1.29 is 22.3 Å². The van der Waals surface area contributed by atoms with E-state index in [2.05, 4.69) is 0 Å². The van der Waals surface area contributed by atoms with E-state index in [0.29, 0.717) is 0 Å². The number of nitro benzene ring substituents is 1. The van der Waals surface area contributed by atoms with Crippen LogP contribution in [0, 0.1) is 10.1 Å². The number of rotatable bonds is 3. The zero-order chi connectivity index (χ0) is 11.6. The Morgan fingerprint density at radius 1 is 1.33 bits per heavy atom. The van der Waals surface area contributed by atoms with Gasteiger partial charge in [-0.1, -0.05) is 0 Å². The van der Waals surface area contributed by atoms with Crippen LogP contribution >= 0.6 is 0 Å². The molecule has 0 amide bonds. The molecule has 1 rings (SSSR count). The summed E-state index contributed by atoms with van der Waals surface area (Å²) in [5.41, 5.74) is -3.23. The number of hydrogen-bond donors (Lipinski definition) is 1. The van der Waals surface area contributed by atoms with Gasteiger partial charge in [0.2, 0.25) is 0 Å². The molecule has 1 atom stereocenters. The van der Waals surface area contributed by atoms with E-state index in [1.54, 1.807) is 0 Å². The molecule has 0 aliphatic heterocycles. The number of nitrogens with zero attached hydrogens (tertiary/aromatic N) is 1. The minimum absolute atomic E-state index is 0.290. The molecule has 1 aromatic carbocycles. The van der Waals surface area contributed by atoms with Crippen LogP contribution < -0.4 is 0 Å². The van der Waals surface area contributed by atoms with Crippen molar-refractivity contribution in [1.29, 1.82) is 0 Å². The highest BCUT2D eigenvalue weighted by Crippen LogP contribution is 2.24. The van der Waals surface area contributed by atoms with Crippen LogP contribution in [-0.2, 0) is 10.1 Å². The maximum Gasteiger partial charge on any atom is 0.301 e. The third-order valence-corrected chi connectivity index (χ3v) is 2.42. The zero-order valence-corrected chi connectivity index (χ0v) is 8.02. The first kappa shape index (κ1) is 11.5. The lowest BCUT2D eigenvalue weighted by Crippen LogP contribution is -2.06. The number of benzene rings is 1. The van der Waals surface area contributed by atoms with Crippen molar-refractivity contribution in [3.63, 3.8) is 0 Å². The minimum Gasteiger partial charge on any atom is -0.283 e. The second-order valence-electron chi connectivity index (χ2n) is 2.68. The minimum atomic E-state index is -4.83. The summed E-state index contributed by atoms with van der Waals surface area (Å²) in [6.45, 7) is 0. The Bertz CT molecular complexity index is 469. The number of non-ortho nitro benzene ring substituents is 1. The van der Waals surface area contributed by atoms with E-state index >= 15 is 0 Å². The third-order valence-electron chi connectivity index (χ3n) is 1.63. The van der Waals surface area contributed by atoms with Crippen molar-refractivity contribution in [2.24, 2.45) is 0 Å². The van der Waals surface area contributed by atoms with Crippen LogP contribution in [0.3, 0.4) is 0 Å².